The van der Waals surface area contributed by atoms with Crippen LogP contribution in [0, 0.1) is 0 Å². The smallest absolute Gasteiger partial charge is 0.463 e. The molecule has 0 aromatic carbocycles. The van der Waals surface area contributed by atoms with Gasteiger partial charge < -0.3 is 88.7 Å². The van der Waals surface area contributed by atoms with Crippen LogP contribution >= 0.6 is 7.82 Å². The van der Waals surface area contributed by atoms with E-state index >= 15 is 0 Å². The molecule has 25 nitrogen and oxygen atoms in total. The number of allylic oxidation sites excluding steroid dienone is 6. The molecule has 2 aliphatic heterocycles. The van der Waals surface area contributed by atoms with Gasteiger partial charge in [-0.15, -0.1) is 0 Å². The van der Waals surface area contributed by atoms with Crippen LogP contribution in [0.25, 0.3) is 0 Å². The van der Waals surface area contributed by atoms with E-state index in [9.17, 15) is 74.6 Å². The maximum absolute atomic E-state index is 14.9. The molecule has 2 heterocycles. The molecular formula is C89H161O25P. The van der Waals surface area contributed by atoms with Crippen molar-refractivity contribution in [2.24, 2.45) is 0 Å². The monoisotopic (exact) mass is 1660 g/mol. The first kappa shape index (κ1) is 106. The molecule has 3 aliphatic rings. The third-order valence-corrected chi connectivity index (χ3v) is 23.1. The van der Waals surface area contributed by atoms with Crippen LogP contribution in [0.3, 0.4) is 0 Å². The van der Waals surface area contributed by atoms with Crippen LogP contribution in [0.2, 0.25) is 0 Å². The van der Waals surface area contributed by atoms with Gasteiger partial charge >= 0.3 is 31.7 Å². The fourth-order valence-electron chi connectivity index (χ4n) is 14.8. The molecule has 115 heavy (non-hydrogen) atoms. The van der Waals surface area contributed by atoms with Crippen molar-refractivity contribution in [2.45, 2.75) is 479 Å². The Labute approximate surface area is 691 Å². The Morgan fingerprint density at radius 2 is 0.652 bits per heavy atom. The minimum Gasteiger partial charge on any atom is -0.463 e. The first-order chi connectivity index (χ1) is 55.7. The fourth-order valence-corrected chi connectivity index (χ4v) is 15.7. The zero-order chi connectivity index (χ0) is 84.0. The largest absolute Gasteiger partial charge is 0.472 e. The van der Waals surface area contributed by atoms with Crippen molar-refractivity contribution in [3.05, 3.63) is 36.5 Å². The summed E-state index contributed by atoms with van der Waals surface area (Å²) in [5, 5.41) is 102. The molecule has 3 fully saturated rings. The number of hydrogen-bond acceptors (Lipinski definition) is 24. The zero-order valence-corrected chi connectivity index (χ0v) is 72.2. The molecular weight excluding hydrogens is 1500 g/mol. The summed E-state index contributed by atoms with van der Waals surface area (Å²) in [6.07, 6.45) is 28.7. The van der Waals surface area contributed by atoms with Crippen molar-refractivity contribution in [3.8, 4) is 0 Å². The molecule has 0 radical (unpaired) electrons. The SMILES string of the molecule is CCCCCC/C=C\CCCCCCCCCC(=O)OC1C(O)C(O)C(OC2OC(CO)C(O)C(O)C2O)C(OP(=O)(O)OCC(COC(=O)CCCCC/C=C\CCCCCCCC)OC(=O)CCCCC/C=C\CCCCCCCC)C1OC1OC(COC(=O)CCCCCCCCCCCCCCCCC)C(O)C(O)C1O. The molecule has 26 heteroatoms. The number of esters is 4. The quantitative estimate of drug-likeness (QED) is 0.00889. The van der Waals surface area contributed by atoms with E-state index in [1.54, 1.807) is 0 Å². The van der Waals surface area contributed by atoms with Gasteiger partial charge in [0.25, 0.3) is 0 Å². The minimum absolute atomic E-state index is 0.00942. The molecule has 0 aromatic heterocycles. The number of aliphatic hydroxyl groups is 9. The van der Waals surface area contributed by atoms with Crippen LogP contribution in [0.5, 0.6) is 0 Å². The topological polar surface area (TPSA) is 380 Å². The molecule has 1 aliphatic carbocycles. The summed E-state index contributed by atoms with van der Waals surface area (Å²) in [6, 6.07) is 0. The lowest BCUT2D eigenvalue weighted by Gasteiger charge is -2.50. The number of rotatable bonds is 73. The van der Waals surface area contributed by atoms with Gasteiger partial charge in [0.1, 0.15) is 92.6 Å². The highest BCUT2D eigenvalue weighted by molar-refractivity contribution is 7.47. The molecule has 672 valence electrons. The molecule has 0 bridgehead atoms. The van der Waals surface area contributed by atoms with E-state index in [0.29, 0.717) is 38.5 Å². The van der Waals surface area contributed by atoms with E-state index in [1.807, 2.05) is 0 Å². The van der Waals surface area contributed by atoms with E-state index in [-0.39, 0.29) is 25.7 Å². The second kappa shape index (κ2) is 68.3. The Morgan fingerprint density at radius 3 is 1.05 bits per heavy atom. The summed E-state index contributed by atoms with van der Waals surface area (Å²) in [5.74, 6) is -3.01. The van der Waals surface area contributed by atoms with Gasteiger partial charge in [0.2, 0.25) is 0 Å². The summed E-state index contributed by atoms with van der Waals surface area (Å²) >= 11 is 0. The van der Waals surface area contributed by atoms with Crippen LogP contribution in [0.4, 0.5) is 0 Å². The third-order valence-electron chi connectivity index (χ3n) is 22.1. The van der Waals surface area contributed by atoms with Crippen LogP contribution < -0.4 is 0 Å². The maximum atomic E-state index is 14.9. The lowest BCUT2D eigenvalue weighted by molar-refractivity contribution is -0.360. The van der Waals surface area contributed by atoms with Gasteiger partial charge in [0, 0.05) is 25.7 Å². The summed E-state index contributed by atoms with van der Waals surface area (Å²) in [5.41, 5.74) is 0. The molecule has 2 saturated heterocycles. The Kier molecular flexibility index (Phi) is 62.8. The van der Waals surface area contributed by atoms with Gasteiger partial charge in [0.15, 0.2) is 24.8 Å². The standard InChI is InChI=1S/C89H161O25P/c1-5-9-13-17-21-25-29-33-35-39-42-46-50-54-58-62-73(92)106-68-71-77(96)79(98)83(102)89(110-71)113-86-84(111-75(94)64-60-56-52-48-44-40-36-34-30-26-22-18-14-10-6-2)80(99)81(100)85(112-88-82(101)78(97)76(95)70(65-90)109-88)87(86)114-115(103,104)107-67-69(108-74(93)63-59-55-51-47-43-38-32-28-24-20-16-12-8-4)66-105-72(91)61-57-53-49-45-41-37-31-27-23-19-15-11-7-3/h26,30,37-38,41,43,69-71,76-90,95-102H,5-25,27-29,31-36,39-40,42,44-68H2,1-4H3,(H,103,104)/b30-26-,41-37-,43-38-. The maximum Gasteiger partial charge on any atom is 0.472 e. The lowest BCUT2D eigenvalue weighted by atomic mass is 9.84. The Bertz CT molecular complexity index is 2540. The highest BCUT2D eigenvalue weighted by atomic mass is 31.2. The molecule has 18 unspecified atom stereocenters. The summed E-state index contributed by atoms with van der Waals surface area (Å²) in [7, 11) is -5.81. The number of phosphoric ester groups is 1. The Morgan fingerprint density at radius 1 is 0.339 bits per heavy atom. The second-order valence-electron chi connectivity index (χ2n) is 32.4. The van der Waals surface area contributed by atoms with Crippen LogP contribution in [-0.2, 0) is 70.7 Å². The van der Waals surface area contributed by atoms with E-state index in [1.165, 1.54) is 148 Å². The molecule has 0 spiro atoms. The zero-order valence-electron chi connectivity index (χ0n) is 71.3. The van der Waals surface area contributed by atoms with Crippen molar-refractivity contribution < 1.29 is 122 Å². The number of hydrogen-bond donors (Lipinski definition) is 10. The summed E-state index contributed by atoms with van der Waals surface area (Å²) < 4.78 is 73.2. The third kappa shape index (κ3) is 48.8. The molecule has 0 amide bonds. The summed E-state index contributed by atoms with van der Waals surface area (Å²) in [6.45, 7) is 5.52. The first-order valence-corrected chi connectivity index (χ1v) is 47.2. The van der Waals surface area contributed by atoms with Crippen molar-refractivity contribution in [3.63, 3.8) is 0 Å². The Balaban J connectivity index is 1.93. The van der Waals surface area contributed by atoms with Gasteiger partial charge in [-0.2, -0.15) is 0 Å². The molecule has 18 atom stereocenters. The lowest BCUT2D eigenvalue weighted by Crippen LogP contribution is -2.70. The number of aliphatic hydroxyl groups excluding tert-OH is 9. The molecule has 10 N–H and O–H groups in total. The number of carbonyl (C=O) groups is 4. The second-order valence-corrected chi connectivity index (χ2v) is 33.9. The van der Waals surface area contributed by atoms with Crippen LogP contribution in [0.15, 0.2) is 36.5 Å². The van der Waals surface area contributed by atoms with Crippen molar-refractivity contribution in [1.82, 2.24) is 0 Å². The molecule has 3 rings (SSSR count). The molecule has 0 aromatic rings. The average molecular weight is 1660 g/mol. The van der Waals surface area contributed by atoms with Gasteiger partial charge in [-0.1, -0.05) is 282 Å². The van der Waals surface area contributed by atoms with E-state index < -0.39 is 162 Å². The predicted molar refractivity (Wildman–Crippen MR) is 444 cm³/mol. The van der Waals surface area contributed by atoms with E-state index in [4.69, 9.17) is 46.9 Å². The van der Waals surface area contributed by atoms with Crippen LogP contribution in [0.1, 0.15) is 374 Å². The van der Waals surface area contributed by atoms with Crippen molar-refractivity contribution >= 4 is 31.7 Å². The number of unbranched alkanes of at least 4 members (excludes halogenated alkanes) is 43. The predicted octanol–water partition coefficient (Wildman–Crippen LogP) is 16.3. The number of carbonyl (C=O) groups excluding carboxylic acids is 4. The van der Waals surface area contributed by atoms with Crippen molar-refractivity contribution in [2.75, 3.05) is 26.4 Å². The van der Waals surface area contributed by atoms with Crippen molar-refractivity contribution in [1.29, 1.82) is 0 Å². The van der Waals surface area contributed by atoms with E-state index in [2.05, 4.69) is 64.2 Å². The van der Waals surface area contributed by atoms with E-state index in [0.717, 1.165) is 135 Å². The Hall–Kier alpha value is -3.31. The van der Waals surface area contributed by atoms with Gasteiger partial charge in [-0.05, 0) is 103 Å². The normalized spacial score (nSPS) is 25.4. The highest BCUT2D eigenvalue weighted by Gasteiger charge is 2.60. The number of phosphoric acid groups is 1. The van der Waals surface area contributed by atoms with Gasteiger partial charge in [-0.3, -0.25) is 28.2 Å². The highest BCUT2D eigenvalue weighted by Crippen LogP contribution is 2.49. The van der Waals surface area contributed by atoms with Crippen LogP contribution in [-0.4, -0.2) is 205 Å². The minimum atomic E-state index is -5.81. The average Bonchev–Trinajstić information content (AvgIpc) is 0.753. The number of ether oxygens (including phenoxy) is 8. The molecule has 1 saturated carbocycles. The first-order valence-electron chi connectivity index (χ1n) is 45.7. The fraction of sp³-hybridized carbons (Fsp3) is 0.888. The van der Waals surface area contributed by atoms with Gasteiger partial charge in [-0.25, -0.2) is 4.57 Å². The van der Waals surface area contributed by atoms with Gasteiger partial charge in [0.05, 0.1) is 13.2 Å². The summed E-state index contributed by atoms with van der Waals surface area (Å²) in [4.78, 5) is 66.3.